The van der Waals surface area contributed by atoms with Gasteiger partial charge in [0.2, 0.25) is 0 Å². The number of hydrogen-bond acceptors (Lipinski definition) is 3. The Morgan fingerprint density at radius 2 is 2.09 bits per heavy atom. The molecule has 4 nitrogen and oxygen atoms in total. The van der Waals surface area contributed by atoms with Crippen molar-refractivity contribution < 1.29 is 14.3 Å². The highest BCUT2D eigenvalue weighted by Gasteiger charge is 2.09. The van der Waals surface area contributed by atoms with E-state index in [1.54, 1.807) is 37.5 Å². The topological polar surface area (TPSA) is 47.6 Å². The van der Waals surface area contributed by atoms with Crippen LogP contribution in [0.15, 0.2) is 55.1 Å². The Morgan fingerprint density at radius 1 is 1.27 bits per heavy atom. The highest BCUT2D eigenvalue weighted by atomic mass is 16.5. The van der Waals surface area contributed by atoms with E-state index in [4.69, 9.17) is 9.47 Å². The summed E-state index contributed by atoms with van der Waals surface area (Å²) in [5.41, 5.74) is 2.17. The Balaban J connectivity index is 2.11. The largest absolute Gasteiger partial charge is 0.496 e. The minimum atomic E-state index is -0.174. The number of hydrogen-bond donors (Lipinski definition) is 1. The van der Waals surface area contributed by atoms with Crippen LogP contribution in [-0.4, -0.2) is 19.6 Å². The highest BCUT2D eigenvalue weighted by molar-refractivity contribution is 6.04. The zero-order valence-electron chi connectivity index (χ0n) is 12.8. The van der Waals surface area contributed by atoms with E-state index in [0.29, 0.717) is 23.6 Å². The van der Waals surface area contributed by atoms with Crippen molar-refractivity contribution in [2.75, 3.05) is 19.0 Å². The van der Waals surface area contributed by atoms with Crippen molar-refractivity contribution in [1.82, 2.24) is 0 Å². The van der Waals surface area contributed by atoms with Crippen molar-refractivity contribution in [2.24, 2.45) is 0 Å². The molecule has 114 valence electrons. The molecular weight excluding hydrogens is 278 g/mol. The Morgan fingerprint density at radius 3 is 2.77 bits per heavy atom. The second-order valence-electron chi connectivity index (χ2n) is 4.77. The van der Waals surface area contributed by atoms with Crippen LogP contribution in [-0.2, 0) is 0 Å². The Hall–Kier alpha value is -2.75. The van der Waals surface area contributed by atoms with Gasteiger partial charge in [0.25, 0.3) is 5.91 Å². The van der Waals surface area contributed by atoms with Gasteiger partial charge in [0, 0.05) is 17.3 Å². The first-order chi connectivity index (χ1) is 10.6. The molecule has 0 bridgehead atoms. The van der Waals surface area contributed by atoms with Crippen LogP contribution in [0.3, 0.4) is 0 Å². The first-order valence-electron chi connectivity index (χ1n) is 6.94. The molecule has 0 saturated heterocycles. The Bertz CT molecular complexity index is 680. The minimum absolute atomic E-state index is 0.174. The summed E-state index contributed by atoms with van der Waals surface area (Å²) in [6, 6.07) is 12.6. The number of benzene rings is 2. The van der Waals surface area contributed by atoms with E-state index < -0.39 is 0 Å². The van der Waals surface area contributed by atoms with Gasteiger partial charge >= 0.3 is 0 Å². The molecular formula is C18H19NO3. The zero-order chi connectivity index (χ0) is 15.9. The van der Waals surface area contributed by atoms with Crippen LogP contribution in [0, 0.1) is 6.92 Å². The van der Waals surface area contributed by atoms with E-state index in [0.717, 1.165) is 11.3 Å². The Kier molecular flexibility index (Phi) is 5.20. The van der Waals surface area contributed by atoms with Gasteiger partial charge < -0.3 is 14.8 Å². The van der Waals surface area contributed by atoms with Gasteiger partial charge in [0.05, 0.1) is 7.11 Å². The number of methoxy groups -OCH3 is 1. The lowest BCUT2D eigenvalue weighted by atomic mass is 10.1. The molecule has 0 radical (unpaired) electrons. The van der Waals surface area contributed by atoms with Gasteiger partial charge in [-0.3, -0.25) is 4.79 Å². The van der Waals surface area contributed by atoms with E-state index >= 15 is 0 Å². The molecule has 0 heterocycles. The average Bonchev–Trinajstić information content (AvgIpc) is 2.53. The van der Waals surface area contributed by atoms with E-state index in [2.05, 4.69) is 11.9 Å². The van der Waals surface area contributed by atoms with Crippen LogP contribution >= 0.6 is 0 Å². The normalized spacial score (nSPS) is 9.91. The van der Waals surface area contributed by atoms with Crippen LogP contribution in [0.1, 0.15) is 15.9 Å². The maximum atomic E-state index is 12.3. The molecule has 1 amide bonds. The summed E-state index contributed by atoms with van der Waals surface area (Å²) in [5.74, 6) is 1.27. The van der Waals surface area contributed by atoms with E-state index in [9.17, 15) is 4.79 Å². The van der Waals surface area contributed by atoms with Crippen molar-refractivity contribution in [1.29, 1.82) is 0 Å². The number of ether oxygens (including phenoxy) is 2. The number of carbonyl (C=O) groups excluding carboxylic acids is 1. The molecule has 2 aromatic rings. The predicted molar refractivity (Wildman–Crippen MR) is 87.8 cm³/mol. The third-order valence-electron chi connectivity index (χ3n) is 3.12. The lowest BCUT2D eigenvalue weighted by Gasteiger charge is -2.10. The molecule has 0 saturated carbocycles. The van der Waals surface area contributed by atoms with E-state index in [1.807, 2.05) is 25.1 Å². The molecule has 2 aromatic carbocycles. The SMILES string of the molecule is C=CCOc1cccc(NC(=O)c2ccc(OC)c(C)c2)c1. The number of nitrogens with one attached hydrogen (secondary N) is 1. The fourth-order valence-corrected chi connectivity index (χ4v) is 2.04. The van der Waals surface area contributed by atoms with Crippen molar-refractivity contribution >= 4 is 11.6 Å². The summed E-state index contributed by atoms with van der Waals surface area (Å²) in [4.78, 5) is 12.3. The maximum absolute atomic E-state index is 12.3. The van der Waals surface area contributed by atoms with Crippen molar-refractivity contribution in [3.63, 3.8) is 0 Å². The van der Waals surface area contributed by atoms with Gasteiger partial charge in [-0.25, -0.2) is 0 Å². The second-order valence-corrected chi connectivity index (χ2v) is 4.77. The quantitative estimate of drug-likeness (QED) is 0.825. The molecule has 0 aliphatic heterocycles. The van der Waals surface area contributed by atoms with Gasteiger partial charge in [-0.15, -0.1) is 0 Å². The molecule has 2 rings (SSSR count). The maximum Gasteiger partial charge on any atom is 0.255 e. The lowest BCUT2D eigenvalue weighted by Crippen LogP contribution is -2.12. The van der Waals surface area contributed by atoms with Gasteiger partial charge in [0.15, 0.2) is 0 Å². The number of aryl methyl sites for hydroxylation is 1. The Labute approximate surface area is 130 Å². The number of rotatable bonds is 6. The fraction of sp³-hybridized carbons (Fsp3) is 0.167. The molecule has 4 heteroatoms. The smallest absolute Gasteiger partial charge is 0.255 e. The first kappa shape index (κ1) is 15.6. The summed E-state index contributed by atoms with van der Waals surface area (Å²) in [6.45, 7) is 5.93. The molecule has 0 fully saturated rings. The molecule has 22 heavy (non-hydrogen) atoms. The lowest BCUT2D eigenvalue weighted by molar-refractivity contribution is 0.102. The van der Waals surface area contributed by atoms with Crippen molar-refractivity contribution in [3.8, 4) is 11.5 Å². The highest BCUT2D eigenvalue weighted by Crippen LogP contribution is 2.21. The van der Waals surface area contributed by atoms with Crippen LogP contribution in [0.5, 0.6) is 11.5 Å². The fourth-order valence-electron chi connectivity index (χ4n) is 2.04. The second kappa shape index (κ2) is 7.31. The van der Waals surface area contributed by atoms with Gasteiger partial charge in [-0.05, 0) is 42.8 Å². The molecule has 0 unspecified atom stereocenters. The van der Waals surface area contributed by atoms with Gasteiger partial charge in [0.1, 0.15) is 18.1 Å². The summed E-state index contributed by atoms with van der Waals surface area (Å²) >= 11 is 0. The third kappa shape index (κ3) is 3.88. The third-order valence-corrected chi connectivity index (χ3v) is 3.12. The summed E-state index contributed by atoms with van der Waals surface area (Å²) < 4.78 is 10.6. The minimum Gasteiger partial charge on any atom is -0.496 e. The van der Waals surface area contributed by atoms with Gasteiger partial charge in [-0.1, -0.05) is 18.7 Å². The number of carbonyl (C=O) groups is 1. The van der Waals surface area contributed by atoms with Crippen LogP contribution in [0.2, 0.25) is 0 Å². The molecule has 0 aliphatic rings. The van der Waals surface area contributed by atoms with Gasteiger partial charge in [-0.2, -0.15) is 0 Å². The summed E-state index contributed by atoms with van der Waals surface area (Å²) in [6.07, 6.45) is 1.67. The van der Waals surface area contributed by atoms with Crippen LogP contribution in [0.4, 0.5) is 5.69 Å². The van der Waals surface area contributed by atoms with Crippen molar-refractivity contribution in [3.05, 3.63) is 66.2 Å². The first-order valence-corrected chi connectivity index (χ1v) is 6.94. The number of anilines is 1. The van der Waals surface area contributed by atoms with E-state index in [1.165, 1.54) is 0 Å². The van der Waals surface area contributed by atoms with Crippen molar-refractivity contribution in [2.45, 2.75) is 6.92 Å². The molecule has 0 aromatic heterocycles. The molecule has 1 N–H and O–H groups in total. The number of amides is 1. The molecule has 0 spiro atoms. The predicted octanol–water partition coefficient (Wildman–Crippen LogP) is 3.82. The standard InChI is InChI=1S/C18H19NO3/c1-4-10-22-16-7-5-6-15(12-16)19-18(20)14-8-9-17(21-3)13(2)11-14/h4-9,11-12H,1,10H2,2-3H3,(H,19,20). The molecule has 0 atom stereocenters. The summed E-state index contributed by atoms with van der Waals surface area (Å²) in [7, 11) is 1.61. The van der Waals surface area contributed by atoms with Crippen LogP contribution in [0.25, 0.3) is 0 Å². The van der Waals surface area contributed by atoms with Crippen LogP contribution < -0.4 is 14.8 Å². The molecule has 0 aliphatic carbocycles. The average molecular weight is 297 g/mol. The summed E-state index contributed by atoms with van der Waals surface area (Å²) in [5, 5.41) is 2.85. The van der Waals surface area contributed by atoms with E-state index in [-0.39, 0.29) is 5.91 Å². The zero-order valence-corrected chi connectivity index (χ0v) is 12.8. The monoisotopic (exact) mass is 297 g/mol.